The first kappa shape index (κ1) is 12.9. The van der Waals surface area contributed by atoms with Gasteiger partial charge in [-0.2, -0.15) is 0 Å². The van der Waals surface area contributed by atoms with Crippen molar-refractivity contribution in [2.24, 2.45) is 0 Å². The standard InChI is InChI=1S/C10H12N2O5/c1-2-9(10(11(13)14)12(15)16)17-8-6-4-3-5-7-8/h3-7,9-10H,2H2,1H3. The van der Waals surface area contributed by atoms with Crippen molar-refractivity contribution in [3.8, 4) is 5.75 Å². The van der Waals surface area contributed by atoms with Gasteiger partial charge in [-0.05, 0) is 18.6 Å². The predicted octanol–water partition coefficient (Wildman–Crippen LogP) is 1.72. The third-order valence-electron chi connectivity index (χ3n) is 2.20. The molecule has 1 rings (SSSR count). The van der Waals surface area contributed by atoms with Crippen LogP contribution >= 0.6 is 0 Å². The van der Waals surface area contributed by atoms with Gasteiger partial charge >= 0.3 is 6.17 Å². The van der Waals surface area contributed by atoms with E-state index in [1.165, 1.54) is 0 Å². The molecule has 0 aliphatic heterocycles. The van der Waals surface area contributed by atoms with Gasteiger partial charge in [0.1, 0.15) is 5.75 Å². The van der Waals surface area contributed by atoms with Crippen LogP contribution in [-0.4, -0.2) is 22.1 Å². The smallest absolute Gasteiger partial charge is 0.475 e. The number of benzene rings is 1. The molecular formula is C10H12N2O5. The van der Waals surface area contributed by atoms with Gasteiger partial charge in [0.2, 0.25) is 6.10 Å². The molecule has 0 aliphatic carbocycles. The van der Waals surface area contributed by atoms with Gasteiger partial charge in [-0.25, -0.2) is 0 Å². The quantitative estimate of drug-likeness (QED) is 0.428. The van der Waals surface area contributed by atoms with Crippen molar-refractivity contribution >= 4 is 0 Å². The van der Waals surface area contributed by atoms with Gasteiger partial charge in [-0.3, -0.25) is 20.2 Å². The van der Waals surface area contributed by atoms with Gasteiger partial charge in [0.05, 0.1) is 9.85 Å². The second-order valence-corrected chi connectivity index (χ2v) is 3.36. The molecule has 0 bridgehead atoms. The fraction of sp³-hybridized carbons (Fsp3) is 0.400. The second kappa shape index (κ2) is 5.78. The Balaban J connectivity index is 2.83. The Bertz CT molecular complexity index is 381. The molecule has 0 radical (unpaired) electrons. The van der Waals surface area contributed by atoms with Crippen LogP contribution in [0.5, 0.6) is 5.75 Å². The van der Waals surface area contributed by atoms with Crippen LogP contribution < -0.4 is 4.74 Å². The van der Waals surface area contributed by atoms with Crippen LogP contribution in [0.1, 0.15) is 13.3 Å². The van der Waals surface area contributed by atoms with Crippen LogP contribution in [-0.2, 0) is 0 Å². The van der Waals surface area contributed by atoms with Crippen molar-refractivity contribution < 1.29 is 14.6 Å². The topological polar surface area (TPSA) is 95.5 Å². The largest absolute Gasteiger partial charge is 0.485 e. The fourth-order valence-electron chi connectivity index (χ4n) is 1.38. The zero-order chi connectivity index (χ0) is 12.8. The molecule has 0 aliphatic rings. The Hall–Kier alpha value is -2.18. The summed E-state index contributed by atoms with van der Waals surface area (Å²) in [5, 5.41) is 21.2. The maximum Gasteiger partial charge on any atom is 0.485 e. The van der Waals surface area contributed by atoms with Gasteiger partial charge in [0, 0.05) is 0 Å². The van der Waals surface area contributed by atoms with E-state index in [0.717, 1.165) is 0 Å². The van der Waals surface area contributed by atoms with E-state index >= 15 is 0 Å². The molecule has 0 amide bonds. The molecule has 1 atom stereocenters. The first-order valence-corrected chi connectivity index (χ1v) is 5.05. The molecule has 17 heavy (non-hydrogen) atoms. The summed E-state index contributed by atoms with van der Waals surface area (Å²) in [6.45, 7) is 1.60. The number of ether oxygens (including phenoxy) is 1. The van der Waals surface area contributed by atoms with Crippen molar-refractivity contribution in [1.29, 1.82) is 0 Å². The van der Waals surface area contributed by atoms with Crippen LogP contribution in [0.25, 0.3) is 0 Å². The third kappa shape index (κ3) is 3.40. The summed E-state index contributed by atoms with van der Waals surface area (Å²) in [6.07, 6.45) is -2.84. The summed E-state index contributed by atoms with van der Waals surface area (Å²) >= 11 is 0. The maximum absolute atomic E-state index is 10.6. The molecule has 0 heterocycles. The van der Waals surface area contributed by atoms with E-state index < -0.39 is 22.1 Å². The minimum absolute atomic E-state index is 0.182. The normalized spacial score (nSPS) is 12.1. The Labute approximate surface area is 97.3 Å². The second-order valence-electron chi connectivity index (χ2n) is 3.36. The van der Waals surface area contributed by atoms with E-state index in [0.29, 0.717) is 5.75 Å². The number of nitrogens with zero attached hydrogens (tertiary/aromatic N) is 2. The molecule has 92 valence electrons. The average molecular weight is 240 g/mol. The molecule has 0 fully saturated rings. The highest BCUT2D eigenvalue weighted by Gasteiger charge is 2.43. The highest BCUT2D eigenvalue weighted by molar-refractivity contribution is 5.21. The predicted molar refractivity (Wildman–Crippen MR) is 58.9 cm³/mol. The summed E-state index contributed by atoms with van der Waals surface area (Å²) in [5.74, 6) is 0.382. The first-order valence-electron chi connectivity index (χ1n) is 5.05. The Morgan fingerprint density at radius 2 is 1.71 bits per heavy atom. The van der Waals surface area contributed by atoms with Gasteiger partial charge < -0.3 is 4.74 Å². The lowest BCUT2D eigenvalue weighted by molar-refractivity contribution is -0.750. The highest BCUT2D eigenvalue weighted by Crippen LogP contribution is 2.16. The highest BCUT2D eigenvalue weighted by atomic mass is 16.7. The van der Waals surface area contributed by atoms with Crippen molar-refractivity contribution in [2.75, 3.05) is 0 Å². The molecule has 1 aromatic carbocycles. The van der Waals surface area contributed by atoms with E-state index in [9.17, 15) is 20.2 Å². The van der Waals surface area contributed by atoms with Crippen LogP contribution in [0, 0.1) is 20.2 Å². The molecule has 0 spiro atoms. The van der Waals surface area contributed by atoms with Crippen LogP contribution in [0.15, 0.2) is 30.3 Å². The fourth-order valence-corrected chi connectivity index (χ4v) is 1.38. The number of para-hydroxylation sites is 1. The molecule has 1 unspecified atom stereocenters. The van der Waals surface area contributed by atoms with Crippen molar-refractivity contribution in [3.05, 3.63) is 50.6 Å². The van der Waals surface area contributed by atoms with E-state index in [1.54, 1.807) is 37.3 Å². The lowest BCUT2D eigenvalue weighted by Crippen LogP contribution is -2.43. The zero-order valence-corrected chi connectivity index (χ0v) is 9.18. The van der Waals surface area contributed by atoms with Gasteiger partial charge in [0.15, 0.2) is 0 Å². The van der Waals surface area contributed by atoms with Gasteiger partial charge in [-0.15, -0.1) is 0 Å². The molecule has 0 aromatic heterocycles. The molecule has 0 N–H and O–H groups in total. The first-order chi connectivity index (χ1) is 8.06. The molecular weight excluding hydrogens is 228 g/mol. The Morgan fingerprint density at radius 3 is 2.12 bits per heavy atom. The third-order valence-corrected chi connectivity index (χ3v) is 2.20. The van der Waals surface area contributed by atoms with Crippen LogP contribution in [0.2, 0.25) is 0 Å². The van der Waals surface area contributed by atoms with Crippen LogP contribution in [0.4, 0.5) is 0 Å². The lowest BCUT2D eigenvalue weighted by atomic mass is 10.2. The number of hydrogen-bond donors (Lipinski definition) is 0. The average Bonchev–Trinajstić information content (AvgIpc) is 2.28. The lowest BCUT2D eigenvalue weighted by Gasteiger charge is -2.15. The molecule has 7 heteroatoms. The van der Waals surface area contributed by atoms with E-state index in [4.69, 9.17) is 4.74 Å². The summed E-state index contributed by atoms with van der Waals surface area (Å²) in [4.78, 5) is 19.4. The molecule has 1 aromatic rings. The summed E-state index contributed by atoms with van der Waals surface area (Å²) < 4.78 is 5.27. The number of rotatable bonds is 6. The van der Waals surface area contributed by atoms with E-state index in [2.05, 4.69) is 0 Å². The Morgan fingerprint density at radius 1 is 1.18 bits per heavy atom. The van der Waals surface area contributed by atoms with Crippen molar-refractivity contribution in [2.45, 2.75) is 25.6 Å². The SMILES string of the molecule is CCC(Oc1ccccc1)C([N+](=O)[O-])[N+](=O)[O-]. The molecule has 7 nitrogen and oxygen atoms in total. The monoisotopic (exact) mass is 240 g/mol. The van der Waals surface area contributed by atoms with Crippen LogP contribution in [0.3, 0.4) is 0 Å². The minimum atomic E-state index is -1.94. The van der Waals surface area contributed by atoms with Crippen molar-refractivity contribution in [1.82, 2.24) is 0 Å². The summed E-state index contributed by atoms with van der Waals surface area (Å²) in [5.41, 5.74) is 0. The summed E-state index contributed by atoms with van der Waals surface area (Å²) in [6, 6.07) is 8.33. The number of hydrogen-bond acceptors (Lipinski definition) is 5. The zero-order valence-electron chi connectivity index (χ0n) is 9.18. The van der Waals surface area contributed by atoms with Gasteiger partial charge in [0.25, 0.3) is 0 Å². The maximum atomic E-state index is 10.6. The molecule has 0 saturated carbocycles. The number of nitro groups is 2. The summed E-state index contributed by atoms with van der Waals surface area (Å²) in [7, 11) is 0. The Kier molecular flexibility index (Phi) is 4.38. The molecule has 0 saturated heterocycles. The van der Waals surface area contributed by atoms with Crippen molar-refractivity contribution in [3.63, 3.8) is 0 Å². The van der Waals surface area contributed by atoms with E-state index in [-0.39, 0.29) is 6.42 Å². The van der Waals surface area contributed by atoms with E-state index in [1.807, 2.05) is 0 Å². The minimum Gasteiger partial charge on any atom is -0.475 e. The van der Waals surface area contributed by atoms with Gasteiger partial charge in [-0.1, -0.05) is 25.1 Å².